The first kappa shape index (κ1) is 23.4. The second kappa shape index (κ2) is 9.90. The van der Waals surface area contributed by atoms with Crippen molar-refractivity contribution >= 4 is 29.5 Å². The van der Waals surface area contributed by atoms with Gasteiger partial charge in [-0.05, 0) is 36.8 Å². The molecule has 0 aliphatic rings. The molecule has 0 aliphatic carbocycles. The summed E-state index contributed by atoms with van der Waals surface area (Å²) in [5, 5.41) is 8.03. The maximum atomic E-state index is 12.6. The van der Waals surface area contributed by atoms with Crippen molar-refractivity contribution in [1.29, 1.82) is 0 Å². The number of anilines is 3. The molecule has 0 saturated heterocycles. The lowest BCUT2D eigenvalue weighted by molar-refractivity contribution is -0.274. The highest BCUT2D eigenvalue weighted by atomic mass is 19.4. The number of benzene rings is 2. The zero-order chi connectivity index (χ0) is 24.0. The topological polar surface area (TPSA) is 102 Å². The number of carbonyl (C=O) groups is 2. The Balaban J connectivity index is 1.82. The molecule has 8 nitrogen and oxygen atoms in total. The molecule has 0 radical (unpaired) electrons. The third-order valence-corrected chi connectivity index (χ3v) is 4.37. The van der Waals surface area contributed by atoms with E-state index in [2.05, 4.69) is 25.7 Å². The van der Waals surface area contributed by atoms with Crippen molar-refractivity contribution in [3.63, 3.8) is 0 Å². The first-order chi connectivity index (χ1) is 15.7. The van der Waals surface area contributed by atoms with Crippen LogP contribution >= 0.6 is 0 Å². The van der Waals surface area contributed by atoms with Gasteiger partial charge in [-0.15, -0.1) is 13.2 Å². The minimum atomic E-state index is -4.86. The number of hydrogen-bond acceptors (Lipinski definition) is 6. The molecule has 0 unspecified atom stereocenters. The Bertz CT molecular complexity index is 1170. The van der Waals surface area contributed by atoms with Crippen LogP contribution in [0.4, 0.5) is 30.4 Å². The van der Waals surface area contributed by atoms with Crippen molar-refractivity contribution in [1.82, 2.24) is 4.98 Å². The number of pyridine rings is 1. The number of aromatic nitrogens is 1. The van der Waals surface area contributed by atoms with Gasteiger partial charge in [-0.1, -0.05) is 12.1 Å². The Labute approximate surface area is 186 Å². The Morgan fingerprint density at radius 2 is 1.88 bits per heavy atom. The molecule has 3 rings (SSSR count). The quantitative estimate of drug-likeness (QED) is 0.412. The van der Waals surface area contributed by atoms with E-state index in [1.54, 1.807) is 38.2 Å². The van der Waals surface area contributed by atoms with Crippen LogP contribution in [-0.4, -0.2) is 30.7 Å². The van der Waals surface area contributed by atoms with Gasteiger partial charge in [0.05, 0.1) is 0 Å². The van der Waals surface area contributed by atoms with Crippen molar-refractivity contribution in [2.75, 3.05) is 23.0 Å². The fourth-order valence-corrected chi connectivity index (χ4v) is 2.89. The summed E-state index contributed by atoms with van der Waals surface area (Å²) in [6.45, 7) is 1.75. The van der Waals surface area contributed by atoms with E-state index in [1.807, 2.05) is 0 Å². The third kappa shape index (κ3) is 6.12. The number of alkyl halides is 3. The van der Waals surface area contributed by atoms with Gasteiger partial charge in [0.2, 0.25) is 6.41 Å². The Morgan fingerprint density at radius 3 is 2.58 bits per heavy atom. The van der Waals surface area contributed by atoms with Gasteiger partial charge in [0.1, 0.15) is 17.2 Å². The molecule has 172 valence electrons. The van der Waals surface area contributed by atoms with E-state index in [9.17, 15) is 22.8 Å². The number of carbonyl (C=O) groups excluding carboxylic acids is 2. The highest BCUT2D eigenvalue weighted by Crippen LogP contribution is 2.35. The molecule has 0 atom stereocenters. The molecular formula is C22H19F3N4O4. The molecule has 33 heavy (non-hydrogen) atoms. The van der Waals surface area contributed by atoms with Crippen LogP contribution in [0.15, 0.2) is 54.7 Å². The lowest BCUT2D eigenvalue weighted by Gasteiger charge is -2.15. The first-order valence-electron chi connectivity index (χ1n) is 9.53. The average molecular weight is 460 g/mol. The lowest BCUT2D eigenvalue weighted by Crippen LogP contribution is -2.18. The van der Waals surface area contributed by atoms with Gasteiger partial charge in [0, 0.05) is 36.6 Å². The zero-order valence-electron chi connectivity index (χ0n) is 17.5. The van der Waals surface area contributed by atoms with Crippen LogP contribution in [0.1, 0.15) is 15.9 Å². The van der Waals surface area contributed by atoms with E-state index in [0.717, 1.165) is 12.1 Å². The summed E-state index contributed by atoms with van der Waals surface area (Å²) in [5.74, 6) is -0.118. The van der Waals surface area contributed by atoms with Crippen molar-refractivity contribution in [3.8, 4) is 17.2 Å². The van der Waals surface area contributed by atoms with Crippen molar-refractivity contribution in [2.24, 2.45) is 0 Å². The summed E-state index contributed by atoms with van der Waals surface area (Å²) < 4.78 is 47.1. The average Bonchev–Trinajstić information content (AvgIpc) is 2.75. The second-order valence-corrected chi connectivity index (χ2v) is 6.65. The monoisotopic (exact) mass is 460 g/mol. The minimum absolute atomic E-state index is 0.0151. The van der Waals surface area contributed by atoms with Gasteiger partial charge in [-0.3, -0.25) is 9.59 Å². The van der Waals surface area contributed by atoms with E-state index in [1.165, 1.54) is 18.3 Å². The Kier molecular flexibility index (Phi) is 7.01. The van der Waals surface area contributed by atoms with E-state index in [0.29, 0.717) is 34.8 Å². The smallest absolute Gasteiger partial charge is 0.455 e. The Hall–Kier alpha value is -4.28. The van der Waals surface area contributed by atoms with Crippen LogP contribution in [-0.2, 0) is 4.79 Å². The fourth-order valence-electron chi connectivity index (χ4n) is 2.89. The van der Waals surface area contributed by atoms with Gasteiger partial charge >= 0.3 is 6.36 Å². The van der Waals surface area contributed by atoms with Crippen LogP contribution in [0, 0.1) is 6.92 Å². The largest absolute Gasteiger partial charge is 0.573 e. The fraction of sp³-hybridized carbons (Fsp3) is 0.136. The SMILES string of the molecule is CNc1c(Oc2ccc(C)c(NC(=O)c3cccc(OC(F)(F)F)c3)c2)ccnc1NC=O. The standard InChI is InChI=1S/C22H19F3N4O4/c1-13-6-7-15(32-18-8-9-27-20(28-12-30)19(18)26-2)11-17(13)29-21(31)14-4-3-5-16(10-14)33-22(23,24)25/h3-12,26H,1-2H3,(H,29,31)(H,27,28,30). The maximum absolute atomic E-state index is 12.6. The van der Waals surface area contributed by atoms with E-state index < -0.39 is 18.0 Å². The number of ether oxygens (including phenoxy) is 2. The number of amides is 2. The van der Waals surface area contributed by atoms with Gasteiger partial charge < -0.3 is 25.4 Å². The van der Waals surface area contributed by atoms with Crippen LogP contribution in [0.3, 0.4) is 0 Å². The molecule has 0 aliphatic heterocycles. The van der Waals surface area contributed by atoms with Gasteiger partial charge in [-0.2, -0.15) is 0 Å². The number of nitrogens with one attached hydrogen (secondary N) is 3. The molecular weight excluding hydrogens is 441 g/mol. The molecule has 0 bridgehead atoms. The first-order valence-corrected chi connectivity index (χ1v) is 9.53. The summed E-state index contributed by atoms with van der Waals surface area (Å²) in [6.07, 6.45) is -2.92. The zero-order valence-corrected chi connectivity index (χ0v) is 17.5. The predicted octanol–water partition coefficient (Wildman–Crippen LogP) is 4.94. The summed E-state index contributed by atoms with van der Waals surface area (Å²) >= 11 is 0. The molecule has 0 fully saturated rings. The van der Waals surface area contributed by atoms with E-state index in [-0.39, 0.29) is 11.4 Å². The van der Waals surface area contributed by atoms with Crippen LogP contribution < -0.4 is 25.4 Å². The van der Waals surface area contributed by atoms with E-state index >= 15 is 0 Å². The van der Waals surface area contributed by atoms with Crippen LogP contribution in [0.2, 0.25) is 0 Å². The number of rotatable bonds is 8. The second-order valence-electron chi connectivity index (χ2n) is 6.65. The summed E-state index contributed by atoms with van der Waals surface area (Å²) in [7, 11) is 1.64. The number of hydrogen-bond donors (Lipinski definition) is 3. The van der Waals surface area contributed by atoms with Crippen molar-refractivity contribution in [2.45, 2.75) is 13.3 Å². The molecule has 1 aromatic heterocycles. The number of halogens is 3. The van der Waals surface area contributed by atoms with Crippen LogP contribution in [0.25, 0.3) is 0 Å². The molecule has 2 amide bonds. The molecule has 0 spiro atoms. The number of nitrogens with zero attached hydrogens (tertiary/aromatic N) is 1. The van der Waals surface area contributed by atoms with Gasteiger partial charge in [-0.25, -0.2) is 4.98 Å². The highest BCUT2D eigenvalue weighted by molar-refractivity contribution is 6.05. The number of aryl methyl sites for hydroxylation is 1. The normalized spacial score (nSPS) is 10.8. The van der Waals surface area contributed by atoms with Crippen LogP contribution in [0.5, 0.6) is 17.2 Å². The molecule has 1 heterocycles. The summed E-state index contributed by atoms with van der Waals surface area (Å²) in [4.78, 5) is 27.5. The molecule has 11 heteroatoms. The van der Waals surface area contributed by atoms with Gasteiger partial charge in [0.15, 0.2) is 11.6 Å². The van der Waals surface area contributed by atoms with E-state index in [4.69, 9.17) is 4.74 Å². The predicted molar refractivity (Wildman–Crippen MR) is 116 cm³/mol. The lowest BCUT2D eigenvalue weighted by atomic mass is 10.1. The van der Waals surface area contributed by atoms with Crippen molar-refractivity contribution in [3.05, 3.63) is 65.9 Å². The molecule has 3 N–H and O–H groups in total. The Morgan fingerprint density at radius 1 is 1.09 bits per heavy atom. The third-order valence-electron chi connectivity index (χ3n) is 4.37. The summed E-state index contributed by atoms with van der Waals surface area (Å²) in [5.41, 5.74) is 1.52. The highest BCUT2D eigenvalue weighted by Gasteiger charge is 2.31. The molecule has 3 aromatic rings. The molecule has 2 aromatic carbocycles. The minimum Gasteiger partial charge on any atom is -0.455 e. The summed E-state index contributed by atoms with van der Waals surface area (Å²) in [6, 6.07) is 11.3. The maximum Gasteiger partial charge on any atom is 0.573 e. The van der Waals surface area contributed by atoms with Gasteiger partial charge in [0.25, 0.3) is 5.91 Å². The molecule has 0 saturated carbocycles. The van der Waals surface area contributed by atoms with Crippen molar-refractivity contribution < 1.29 is 32.2 Å².